The number of fused-ring (bicyclic) bond motifs is 1. The summed E-state index contributed by atoms with van der Waals surface area (Å²) in [6, 6.07) is 3.76. The van der Waals surface area contributed by atoms with Gasteiger partial charge in [-0.25, -0.2) is 4.98 Å². The number of aromatic amines is 1. The normalized spacial score (nSPS) is 19.8. The number of esters is 1. The Labute approximate surface area is 123 Å². The fourth-order valence-electron chi connectivity index (χ4n) is 2.77. The molecule has 2 aromatic rings. The first-order chi connectivity index (χ1) is 10.3. The zero-order chi connectivity index (χ0) is 14.7. The van der Waals surface area contributed by atoms with E-state index in [0.29, 0.717) is 13.2 Å². The number of hydrogen-bond donors (Lipinski definition) is 2. The molecule has 0 aromatic carbocycles. The van der Waals surface area contributed by atoms with Crippen LogP contribution in [0.25, 0.3) is 11.0 Å². The largest absolute Gasteiger partial charge is 0.465 e. The standard InChI is InChI=1S/C15H20N4O2/c1-2-21-15(20)13-9-16-6-7-19(13)10-11-8-18-14-12(11)4-3-5-17-14/h3-5,8,13,16H,2,6-7,9-10H2,1H3,(H,17,18). The van der Waals surface area contributed by atoms with Gasteiger partial charge in [0.25, 0.3) is 0 Å². The topological polar surface area (TPSA) is 70.2 Å². The third kappa shape index (κ3) is 2.91. The number of pyridine rings is 1. The van der Waals surface area contributed by atoms with Crippen LogP contribution < -0.4 is 5.32 Å². The lowest BCUT2D eigenvalue weighted by molar-refractivity contribution is -0.150. The summed E-state index contributed by atoms with van der Waals surface area (Å²) in [6.45, 7) is 5.33. The minimum Gasteiger partial charge on any atom is -0.465 e. The maximum Gasteiger partial charge on any atom is 0.324 e. The van der Waals surface area contributed by atoms with Gasteiger partial charge in [-0.05, 0) is 24.6 Å². The second-order valence-electron chi connectivity index (χ2n) is 5.16. The summed E-state index contributed by atoms with van der Waals surface area (Å²) in [5.74, 6) is -0.150. The van der Waals surface area contributed by atoms with E-state index in [9.17, 15) is 4.79 Å². The van der Waals surface area contributed by atoms with Crippen molar-refractivity contribution in [3.05, 3.63) is 30.1 Å². The summed E-state index contributed by atoms with van der Waals surface area (Å²) in [5.41, 5.74) is 2.05. The molecule has 1 aliphatic rings. The van der Waals surface area contributed by atoms with Gasteiger partial charge in [0.1, 0.15) is 11.7 Å². The summed E-state index contributed by atoms with van der Waals surface area (Å²) in [4.78, 5) is 21.7. The molecule has 1 aliphatic heterocycles. The fourth-order valence-corrected chi connectivity index (χ4v) is 2.77. The number of nitrogens with one attached hydrogen (secondary N) is 2. The van der Waals surface area contributed by atoms with Crippen molar-refractivity contribution in [1.29, 1.82) is 0 Å². The third-order valence-electron chi connectivity index (χ3n) is 3.82. The zero-order valence-electron chi connectivity index (χ0n) is 12.1. The highest BCUT2D eigenvalue weighted by Crippen LogP contribution is 2.19. The first-order valence-electron chi connectivity index (χ1n) is 7.32. The molecule has 2 N–H and O–H groups in total. The molecule has 112 valence electrons. The molecule has 3 heterocycles. The number of carbonyl (C=O) groups is 1. The molecular weight excluding hydrogens is 268 g/mol. The molecule has 2 aromatic heterocycles. The SMILES string of the molecule is CCOC(=O)C1CNCCN1Cc1c[nH]c2ncccc12. The van der Waals surface area contributed by atoms with Crippen molar-refractivity contribution in [1.82, 2.24) is 20.2 Å². The van der Waals surface area contributed by atoms with Crippen molar-refractivity contribution in [2.75, 3.05) is 26.2 Å². The minimum absolute atomic E-state index is 0.150. The Morgan fingerprint density at radius 2 is 2.48 bits per heavy atom. The number of hydrogen-bond acceptors (Lipinski definition) is 5. The maximum absolute atomic E-state index is 12.1. The molecule has 6 nitrogen and oxygen atoms in total. The number of rotatable bonds is 4. The molecule has 0 radical (unpaired) electrons. The van der Waals surface area contributed by atoms with Crippen molar-refractivity contribution in [2.24, 2.45) is 0 Å². The van der Waals surface area contributed by atoms with Crippen LogP contribution in [0.5, 0.6) is 0 Å². The molecule has 21 heavy (non-hydrogen) atoms. The lowest BCUT2D eigenvalue weighted by Crippen LogP contribution is -2.54. The van der Waals surface area contributed by atoms with Crippen LogP contribution in [0.2, 0.25) is 0 Å². The van der Waals surface area contributed by atoms with Crippen LogP contribution in [-0.2, 0) is 16.1 Å². The van der Waals surface area contributed by atoms with Gasteiger partial charge < -0.3 is 15.0 Å². The summed E-state index contributed by atoms with van der Waals surface area (Å²) < 4.78 is 5.18. The number of piperazine rings is 1. The smallest absolute Gasteiger partial charge is 0.324 e. The van der Waals surface area contributed by atoms with Crippen LogP contribution in [-0.4, -0.2) is 53.1 Å². The lowest BCUT2D eigenvalue weighted by atomic mass is 10.1. The van der Waals surface area contributed by atoms with E-state index < -0.39 is 0 Å². The van der Waals surface area contributed by atoms with Gasteiger partial charge in [0.05, 0.1) is 6.61 Å². The Bertz CT molecular complexity index is 625. The first-order valence-corrected chi connectivity index (χ1v) is 7.32. The van der Waals surface area contributed by atoms with Crippen LogP contribution in [0.1, 0.15) is 12.5 Å². The molecule has 1 fully saturated rings. The summed E-state index contributed by atoms with van der Waals surface area (Å²) in [5, 5.41) is 4.37. The van der Waals surface area contributed by atoms with Gasteiger partial charge in [-0.15, -0.1) is 0 Å². The van der Waals surface area contributed by atoms with Crippen LogP contribution in [0.15, 0.2) is 24.5 Å². The first kappa shape index (κ1) is 14.0. The summed E-state index contributed by atoms with van der Waals surface area (Å²) >= 11 is 0. The van der Waals surface area contributed by atoms with Crippen LogP contribution >= 0.6 is 0 Å². The molecule has 1 atom stereocenters. The molecular formula is C15H20N4O2. The summed E-state index contributed by atoms with van der Waals surface area (Å²) in [6.07, 6.45) is 3.75. The molecule has 1 saturated heterocycles. The van der Waals surface area contributed by atoms with E-state index in [1.807, 2.05) is 19.2 Å². The number of aromatic nitrogens is 2. The second kappa shape index (κ2) is 6.24. The van der Waals surface area contributed by atoms with Crippen molar-refractivity contribution in [2.45, 2.75) is 19.5 Å². The molecule has 0 spiro atoms. The molecule has 6 heteroatoms. The van der Waals surface area contributed by atoms with Gasteiger partial charge in [-0.1, -0.05) is 0 Å². The second-order valence-corrected chi connectivity index (χ2v) is 5.16. The van der Waals surface area contributed by atoms with E-state index in [0.717, 1.165) is 36.2 Å². The average molecular weight is 288 g/mol. The van der Waals surface area contributed by atoms with E-state index in [2.05, 4.69) is 26.3 Å². The fraction of sp³-hybridized carbons (Fsp3) is 0.467. The Balaban J connectivity index is 1.79. The monoisotopic (exact) mass is 288 g/mol. The maximum atomic E-state index is 12.1. The third-order valence-corrected chi connectivity index (χ3v) is 3.82. The zero-order valence-corrected chi connectivity index (χ0v) is 12.1. The van der Waals surface area contributed by atoms with E-state index in [-0.39, 0.29) is 12.0 Å². The van der Waals surface area contributed by atoms with E-state index in [1.54, 1.807) is 6.20 Å². The average Bonchev–Trinajstić information content (AvgIpc) is 2.91. The Morgan fingerprint density at radius 1 is 1.57 bits per heavy atom. The van der Waals surface area contributed by atoms with Gasteiger partial charge in [0.2, 0.25) is 0 Å². The van der Waals surface area contributed by atoms with E-state index in [1.165, 1.54) is 0 Å². The highest BCUT2D eigenvalue weighted by Gasteiger charge is 2.30. The van der Waals surface area contributed by atoms with E-state index >= 15 is 0 Å². The highest BCUT2D eigenvalue weighted by atomic mass is 16.5. The van der Waals surface area contributed by atoms with Gasteiger partial charge in [-0.2, -0.15) is 0 Å². The van der Waals surface area contributed by atoms with Crippen molar-refractivity contribution in [3.8, 4) is 0 Å². The van der Waals surface area contributed by atoms with Crippen LogP contribution in [0.3, 0.4) is 0 Å². The molecule has 0 aliphatic carbocycles. The summed E-state index contributed by atoms with van der Waals surface area (Å²) in [7, 11) is 0. The molecule has 0 saturated carbocycles. The predicted molar refractivity (Wildman–Crippen MR) is 79.8 cm³/mol. The highest BCUT2D eigenvalue weighted by molar-refractivity contribution is 5.80. The Hall–Kier alpha value is -1.92. The molecule has 3 rings (SSSR count). The van der Waals surface area contributed by atoms with Gasteiger partial charge >= 0.3 is 5.97 Å². The number of ether oxygens (including phenoxy) is 1. The lowest BCUT2D eigenvalue weighted by Gasteiger charge is -2.34. The minimum atomic E-state index is -0.222. The van der Waals surface area contributed by atoms with Crippen molar-refractivity contribution in [3.63, 3.8) is 0 Å². The number of carbonyl (C=O) groups excluding carboxylic acids is 1. The van der Waals surface area contributed by atoms with Crippen LogP contribution in [0.4, 0.5) is 0 Å². The van der Waals surface area contributed by atoms with Crippen molar-refractivity contribution >= 4 is 17.0 Å². The van der Waals surface area contributed by atoms with Gasteiger partial charge in [0.15, 0.2) is 0 Å². The quantitative estimate of drug-likeness (QED) is 0.818. The van der Waals surface area contributed by atoms with Crippen LogP contribution in [0, 0.1) is 0 Å². The van der Waals surface area contributed by atoms with Gasteiger partial charge in [-0.3, -0.25) is 9.69 Å². The van der Waals surface area contributed by atoms with Gasteiger partial charge in [0, 0.05) is 44.0 Å². The Morgan fingerprint density at radius 3 is 3.33 bits per heavy atom. The van der Waals surface area contributed by atoms with E-state index in [4.69, 9.17) is 4.74 Å². The van der Waals surface area contributed by atoms with Crippen molar-refractivity contribution < 1.29 is 9.53 Å². The Kier molecular flexibility index (Phi) is 4.17. The molecule has 0 amide bonds. The number of nitrogens with zero attached hydrogens (tertiary/aromatic N) is 2. The number of H-pyrrole nitrogens is 1. The molecule has 1 unspecified atom stereocenters. The molecule has 0 bridgehead atoms. The predicted octanol–water partition coefficient (Wildman–Crippen LogP) is 0.900.